The smallest absolute Gasteiger partial charge is 0.299 e. The van der Waals surface area contributed by atoms with Gasteiger partial charge in [-0.2, -0.15) is 13.5 Å². The maximum Gasteiger partial charge on any atom is 0.299 e. The van der Waals surface area contributed by atoms with Crippen molar-refractivity contribution in [3.8, 4) is 5.75 Å². The van der Waals surface area contributed by atoms with Gasteiger partial charge >= 0.3 is 0 Å². The number of benzene rings is 2. The summed E-state index contributed by atoms with van der Waals surface area (Å²) in [4.78, 5) is 29.8. The number of allylic oxidation sites excluding steroid dienone is 1. The number of amides is 1. The minimum Gasteiger partial charge on any atom is -0.494 e. The number of halogens is 2. The van der Waals surface area contributed by atoms with Gasteiger partial charge in [-0.25, -0.2) is 13.0 Å². The maximum absolute atomic E-state index is 14.8. The van der Waals surface area contributed by atoms with E-state index in [1.165, 1.54) is 43.2 Å². The van der Waals surface area contributed by atoms with Crippen LogP contribution in [0.5, 0.6) is 5.75 Å². The van der Waals surface area contributed by atoms with Crippen molar-refractivity contribution in [2.24, 2.45) is 10.2 Å². The van der Waals surface area contributed by atoms with Gasteiger partial charge in [0.2, 0.25) is 0 Å². The van der Waals surface area contributed by atoms with E-state index in [1.807, 2.05) is 0 Å². The molecule has 1 unspecified atom stereocenters. The third-order valence-corrected chi connectivity index (χ3v) is 8.74. The zero-order valence-corrected chi connectivity index (χ0v) is 27.0. The second kappa shape index (κ2) is 14.3. The van der Waals surface area contributed by atoms with Gasteiger partial charge in [0.15, 0.2) is 11.6 Å². The van der Waals surface area contributed by atoms with Crippen molar-refractivity contribution in [2.45, 2.75) is 37.1 Å². The summed E-state index contributed by atoms with van der Waals surface area (Å²) < 4.78 is 72.7. The first-order valence-corrected chi connectivity index (χ1v) is 15.9. The van der Waals surface area contributed by atoms with E-state index in [1.54, 1.807) is 43.3 Å². The lowest BCUT2D eigenvalue weighted by atomic mass is 9.98. The number of aryl methyl sites for hydroxylation is 1. The number of aromatic nitrogens is 2. The molecule has 1 aliphatic rings. The maximum atomic E-state index is 14.8. The molecule has 2 aromatic heterocycles. The molecule has 1 N–H and O–H groups in total. The summed E-state index contributed by atoms with van der Waals surface area (Å²) in [5, 5.41) is 10.9. The molecule has 0 bridgehead atoms. The van der Waals surface area contributed by atoms with Crippen LogP contribution in [0.1, 0.15) is 22.4 Å². The molecular formula is C33H31F2N5O7S. The van der Waals surface area contributed by atoms with Crippen molar-refractivity contribution in [3.05, 3.63) is 135 Å². The van der Waals surface area contributed by atoms with Crippen molar-refractivity contribution in [1.29, 1.82) is 0 Å². The molecule has 12 nitrogen and oxygen atoms in total. The molecule has 4 aromatic rings. The van der Waals surface area contributed by atoms with Crippen molar-refractivity contribution in [2.75, 3.05) is 20.8 Å². The second-order valence-electron chi connectivity index (χ2n) is 10.9. The van der Waals surface area contributed by atoms with E-state index < -0.39 is 40.0 Å². The van der Waals surface area contributed by atoms with Crippen LogP contribution in [0.25, 0.3) is 0 Å². The van der Waals surface area contributed by atoms with Crippen LogP contribution in [-0.4, -0.2) is 50.4 Å². The average molecular weight is 680 g/mol. The molecule has 0 spiro atoms. The largest absolute Gasteiger partial charge is 0.494 e. The summed E-state index contributed by atoms with van der Waals surface area (Å²) in [5.41, 5.74) is -0.773. The molecule has 0 aliphatic carbocycles. The number of methoxy groups -OCH3 is 2. The molecule has 0 saturated heterocycles. The number of pyridine rings is 2. The predicted molar refractivity (Wildman–Crippen MR) is 168 cm³/mol. The van der Waals surface area contributed by atoms with Crippen molar-refractivity contribution in [1.82, 2.24) is 14.9 Å². The van der Waals surface area contributed by atoms with Gasteiger partial charge in [0.05, 0.1) is 42.1 Å². The van der Waals surface area contributed by atoms with Crippen molar-refractivity contribution in [3.63, 3.8) is 0 Å². The Morgan fingerprint density at radius 1 is 0.979 bits per heavy atom. The minimum absolute atomic E-state index is 0.00236. The van der Waals surface area contributed by atoms with E-state index >= 15 is 0 Å². The van der Waals surface area contributed by atoms with Gasteiger partial charge in [0.1, 0.15) is 12.4 Å². The van der Waals surface area contributed by atoms with E-state index in [4.69, 9.17) is 13.7 Å². The number of nitrogens with one attached hydrogen (secondary N) is 1. The third-order valence-electron chi connectivity index (χ3n) is 7.39. The van der Waals surface area contributed by atoms with Crippen LogP contribution in [0.15, 0.2) is 110 Å². The average Bonchev–Trinajstić information content (AvgIpc) is 3.39. The number of carbonyl (C=O) groups is 1. The zero-order chi connectivity index (χ0) is 34.5. The normalized spacial score (nSPS) is 15.9. The summed E-state index contributed by atoms with van der Waals surface area (Å²) in [6.07, 6.45) is 2.42. The molecule has 15 heteroatoms. The van der Waals surface area contributed by atoms with Gasteiger partial charge in [0.25, 0.3) is 27.3 Å². The molecule has 1 atom stereocenters. The molecule has 2 aromatic carbocycles. The number of rotatable bonds is 13. The summed E-state index contributed by atoms with van der Waals surface area (Å²) in [6, 6.07) is 16.3. The van der Waals surface area contributed by atoms with Gasteiger partial charge in [-0.15, -0.1) is 5.11 Å². The number of hydrogen-bond donors (Lipinski definition) is 1. The number of hydrogen-bond acceptors (Lipinski definition) is 10. The number of carbonyl (C=O) groups excluding carboxylic acids is 1. The Balaban J connectivity index is 1.49. The fourth-order valence-electron chi connectivity index (χ4n) is 4.99. The van der Waals surface area contributed by atoms with E-state index in [0.29, 0.717) is 11.1 Å². The number of ether oxygens (including phenoxy) is 2. The van der Waals surface area contributed by atoms with Gasteiger partial charge in [0, 0.05) is 38.1 Å². The minimum atomic E-state index is -4.52. The SMILES string of the molecule is COCC1(OS(=O)(=O)c2ccc(C)cc2)N=NC(Cc2ccc(Cn3cc(F)ccc3=O)cc2)=C1C(=O)NCc1nccc(OC)c1F. The quantitative estimate of drug-likeness (QED) is 0.207. The molecule has 250 valence electrons. The zero-order valence-electron chi connectivity index (χ0n) is 26.1. The lowest BCUT2D eigenvalue weighted by Gasteiger charge is -2.26. The van der Waals surface area contributed by atoms with E-state index in [-0.39, 0.29) is 52.7 Å². The molecule has 0 fully saturated rings. The Morgan fingerprint density at radius 3 is 2.38 bits per heavy atom. The van der Waals surface area contributed by atoms with E-state index in [9.17, 15) is 26.8 Å². The number of nitrogens with zero attached hydrogens (tertiary/aromatic N) is 4. The molecule has 3 heterocycles. The molecule has 48 heavy (non-hydrogen) atoms. The monoisotopic (exact) mass is 679 g/mol. The first kappa shape index (κ1) is 34.2. The predicted octanol–water partition coefficient (Wildman–Crippen LogP) is 4.21. The Labute approximate surface area is 274 Å². The first-order valence-electron chi connectivity index (χ1n) is 14.5. The lowest BCUT2D eigenvalue weighted by Crippen LogP contribution is -2.44. The highest BCUT2D eigenvalue weighted by atomic mass is 32.2. The highest BCUT2D eigenvalue weighted by molar-refractivity contribution is 7.86. The Morgan fingerprint density at radius 2 is 1.69 bits per heavy atom. The second-order valence-corrected chi connectivity index (χ2v) is 12.4. The van der Waals surface area contributed by atoms with Gasteiger partial charge in [-0.3, -0.25) is 14.6 Å². The van der Waals surface area contributed by atoms with Gasteiger partial charge in [-0.1, -0.05) is 42.0 Å². The molecule has 1 aliphatic heterocycles. The lowest BCUT2D eigenvalue weighted by molar-refractivity contribution is -0.120. The topological polar surface area (TPSA) is 151 Å². The van der Waals surface area contributed by atoms with Crippen LogP contribution < -0.4 is 15.6 Å². The molecule has 0 saturated carbocycles. The molecule has 0 radical (unpaired) electrons. The fourth-order valence-corrected chi connectivity index (χ4v) is 6.08. The van der Waals surface area contributed by atoms with Gasteiger partial charge < -0.3 is 19.4 Å². The molecule has 1 amide bonds. The van der Waals surface area contributed by atoms with Crippen LogP contribution >= 0.6 is 0 Å². The first-order chi connectivity index (χ1) is 22.9. The summed E-state index contributed by atoms with van der Waals surface area (Å²) in [6.45, 7) is 1.01. The van der Waals surface area contributed by atoms with E-state index in [0.717, 1.165) is 23.9 Å². The standard InChI is InChI=1S/C33H31F2N5O7S/c1-21-4-11-25(12-5-21)48(43,44)47-33(20-45-2)30(32(42)37-17-27-31(35)28(46-3)14-15-36-27)26(38-39-33)16-22-6-8-23(9-7-22)18-40-19-24(34)10-13-29(40)41/h4-15,19H,16-18,20H2,1-3H3,(H,37,42). The van der Waals surface area contributed by atoms with Gasteiger partial charge in [-0.05, 0) is 36.2 Å². The Bertz CT molecular complexity index is 2050. The highest BCUT2D eigenvalue weighted by Crippen LogP contribution is 2.38. The van der Waals surface area contributed by atoms with Crippen LogP contribution in [0, 0.1) is 18.6 Å². The van der Waals surface area contributed by atoms with Crippen LogP contribution in [0.4, 0.5) is 8.78 Å². The molecule has 5 rings (SSSR count). The highest BCUT2D eigenvalue weighted by Gasteiger charge is 2.49. The third kappa shape index (κ3) is 7.54. The fraction of sp³-hybridized carbons (Fsp3) is 0.242. The van der Waals surface area contributed by atoms with Crippen LogP contribution in [0.3, 0.4) is 0 Å². The Kier molecular flexibility index (Phi) is 10.2. The summed E-state index contributed by atoms with van der Waals surface area (Å²) in [5.74, 6) is -2.26. The van der Waals surface area contributed by atoms with E-state index in [2.05, 4.69) is 20.5 Å². The Hall–Kier alpha value is -5.12. The van der Waals surface area contributed by atoms with Crippen molar-refractivity contribution < 1.29 is 35.6 Å². The number of azo groups is 1. The summed E-state index contributed by atoms with van der Waals surface area (Å²) >= 11 is 0. The van der Waals surface area contributed by atoms with Crippen molar-refractivity contribution >= 4 is 16.0 Å². The summed E-state index contributed by atoms with van der Waals surface area (Å²) in [7, 11) is -1.95. The molecular weight excluding hydrogens is 648 g/mol. The van der Waals surface area contributed by atoms with Crippen LogP contribution in [0.2, 0.25) is 0 Å². The van der Waals surface area contributed by atoms with Crippen LogP contribution in [-0.2, 0) is 43.3 Å².